The first-order valence-electron chi connectivity index (χ1n) is 6.16. The van der Waals surface area contributed by atoms with Gasteiger partial charge >= 0.3 is 0 Å². The van der Waals surface area contributed by atoms with Gasteiger partial charge in [-0.05, 0) is 32.0 Å². The van der Waals surface area contributed by atoms with E-state index < -0.39 is 9.05 Å². The average Bonchev–Trinajstić information content (AvgIpc) is 2.64. The molecule has 114 valence electrons. The Kier molecular flexibility index (Phi) is 4.95. The van der Waals surface area contributed by atoms with Crippen molar-refractivity contribution in [2.45, 2.75) is 25.3 Å². The SMILES string of the molecule is Cc1nn(CCOc2cccc(Br)c2)c(C)c1S(=O)(=O)Cl. The molecule has 0 fully saturated rings. The van der Waals surface area contributed by atoms with Gasteiger partial charge in [-0.25, -0.2) is 8.42 Å². The molecule has 21 heavy (non-hydrogen) atoms. The van der Waals surface area contributed by atoms with Crippen molar-refractivity contribution in [3.63, 3.8) is 0 Å². The summed E-state index contributed by atoms with van der Waals surface area (Å²) >= 11 is 3.37. The van der Waals surface area contributed by atoms with Gasteiger partial charge in [0.2, 0.25) is 0 Å². The van der Waals surface area contributed by atoms with Crippen LogP contribution in [0.2, 0.25) is 0 Å². The van der Waals surface area contributed by atoms with Gasteiger partial charge in [0, 0.05) is 15.2 Å². The quantitative estimate of drug-likeness (QED) is 0.732. The lowest BCUT2D eigenvalue weighted by atomic mass is 10.3. The fourth-order valence-electron chi connectivity index (χ4n) is 2.06. The highest BCUT2D eigenvalue weighted by Gasteiger charge is 2.22. The van der Waals surface area contributed by atoms with Crippen molar-refractivity contribution in [2.24, 2.45) is 0 Å². The van der Waals surface area contributed by atoms with Gasteiger partial charge in [-0.15, -0.1) is 0 Å². The fraction of sp³-hybridized carbons (Fsp3) is 0.308. The van der Waals surface area contributed by atoms with Gasteiger partial charge in [0.1, 0.15) is 17.3 Å². The highest BCUT2D eigenvalue weighted by Crippen LogP contribution is 2.23. The molecule has 1 heterocycles. The molecule has 2 rings (SSSR count). The van der Waals surface area contributed by atoms with Gasteiger partial charge in [0.25, 0.3) is 9.05 Å². The van der Waals surface area contributed by atoms with Crippen LogP contribution in [0, 0.1) is 13.8 Å². The summed E-state index contributed by atoms with van der Waals surface area (Å²) in [5, 5.41) is 4.19. The minimum atomic E-state index is -3.78. The van der Waals surface area contributed by atoms with E-state index in [1.54, 1.807) is 18.5 Å². The predicted molar refractivity (Wildman–Crippen MR) is 84.4 cm³/mol. The molecule has 0 amide bonds. The van der Waals surface area contributed by atoms with Crippen LogP contribution in [0.3, 0.4) is 0 Å². The maximum absolute atomic E-state index is 11.5. The van der Waals surface area contributed by atoms with E-state index in [0.29, 0.717) is 24.5 Å². The Labute approximate surface area is 136 Å². The fourth-order valence-corrected chi connectivity index (χ4v) is 3.96. The molecule has 0 aliphatic carbocycles. The Balaban J connectivity index is 2.08. The summed E-state index contributed by atoms with van der Waals surface area (Å²) in [7, 11) is 1.63. The molecule has 5 nitrogen and oxygen atoms in total. The average molecular weight is 394 g/mol. The monoisotopic (exact) mass is 392 g/mol. The molecule has 0 saturated heterocycles. The number of aromatic nitrogens is 2. The number of nitrogens with zero attached hydrogens (tertiary/aromatic N) is 2. The molecule has 8 heteroatoms. The second kappa shape index (κ2) is 6.37. The Morgan fingerprint density at radius 2 is 2.10 bits per heavy atom. The molecule has 0 aliphatic heterocycles. The molecule has 0 saturated carbocycles. The van der Waals surface area contributed by atoms with Gasteiger partial charge in [-0.3, -0.25) is 4.68 Å². The van der Waals surface area contributed by atoms with E-state index in [-0.39, 0.29) is 4.90 Å². The van der Waals surface area contributed by atoms with Crippen molar-refractivity contribution < 1.29 is 13.2 Å². The molecular weight excluding hydrogens is 380 g/mol. The van der Waals surface area contributed by atoms with Gasteiger partial charge in [0.05, 0.1) is 17.9 Å². The Morgan fingerprint density at radius 1 is 1.38 bits per heavy atom. The molecule has 1 aromatic carbocycles. The zero-order valence-corrected chi connectivity index (χ0v) is 14.7. The van der Waals surface area contributed by atoms with Crippen LogP contribution in [0.5, 0.6) is 5.75 Å². The van der Waals surface area contributed by atoms with E-state index in [1.165, 1.54) is 0 Å². The minimum absolute atomic E-state index is 0.0756. The number of ether oxygens (including phenoxy) is 1. The maximum atomic E-state index is 11.5. The number of hydrogen-bond acceptors (Lipinski definition) is 4. The van der Waals surface area contributed by atoms with Crippen LogP contribution < -0.4 is 4.74 Å². The summed E-state index contributed by atoms with van der Waals surface area (Å²) in [5.41, 5.74) is 0.908. The lowest BCUT2D eigenvalue weighted by Gasteiger charge is -2.08. The van der Waals surface area contributed by atoms with Crippen LogP contribution >= 0.6 is 26.6 Å². The standard InChI is InChI=1S/C13H14BrClN2O3S/c1-9-13(21(15,18)19)10(2)17(16-9)6-7-20-12-5-3-4-11(14)8-12/h3-5,8H,6-7H2,1-2H3. The van der Waals surface area contributed by atoms with Crippen LogP contribution in [0.4, 0.5) is 0 Å². The summed E-state index contributed by atoms with van der Waals surface area (Å²) < 4.78 is 31.1. The van der Waals surface area contributed by atoms with E-state index in [2.05, 4.69) is 21.0 Å². The smallest absolute Gasteiger partial charge is 0.264 e. The van der Waals surface area contributed by atoms with Crippen molar-refractivity contribution in [1.82, 2.24) is 9.78 Å². The van der Waals surface area contributed by atoms with Crippen LogP contribution in [-0.4, -0.2) is 24.8 Å². The molecule has 0 spiro atoms. The van der Waals surface area contributed by atoms with E-state index in [1.807, 2.05) is 24.3 Å². The van der Waals surface area contributed by atoms with Crippen molar-refractivity contribution in [1.29, 1.82) is 0 Å². The molecule has 2 aromatic rings. The zero-order chi connectivity index (χ0) is 15.6. The first-order valence-corrected chi connectivity index (χ1v) is 9.26. The third-order valence-electron chi connectivity index (χ3n) is 2.93. The molecule has 0 aliphatic rings. The molecule has 0 bridgehead atoms. The molecule has 0 atom stereocenters. The Morgan fingerprint density at radius 3 is 2.67 bits per heavy atom. The van der Waals surface area contributed by atoms with Crippen molar-refractivity contribution in [3.8, 4) is 5.75 Å². The van der Waals surface area contributed by atoms with Crippen LogP contribution in [0.25, 0.3) is 0 Å². The largest absolute Gasteiger partial charge is 0.492 e. The van der Waals surface area contributed by atoms with Gasteiger partial charge in [-0.2, -0.15) is 5.10 Å². The lowest BCUT2D eigenvalue weighted by Crippen LogP contribution is -2.11. The first-order chi connectivity index (χ1) is 9.79. The number of hydrogen-bond donors (Lipinski definition) is 0. The Hall–Kier alpha value is -1.05. The van der Waals surface area contributed by atoms with E-state index in [4.69, 9.17) is 15.4 Å². The highest BCUT2D eigenvalue weighted by molar-refractivity contribution is 9.10. The highest BCUT2D eigenvalue weighted by atomic mass is 79.9. The first kappa shape index (κ1) is 16.3. The summed E-state index contributed by atoms with van der Waals surface area (Å²) in [4.78, 5) is 0.0756. The van der Waals surface area contributed by atoms with Gasteiger partial charge < -0.3 is 4.74 Å². The molecule has 0 unspecified atom stereocenters. The van der Waals surface area contributed by atoms with Gasteiger partial charge in [-0.1, -0.05) is 22.0 Å². The van der Waals surface area contributed by atoms with Gasteiger partial charge in [0.15, 0.2) is 0 Å². The normalized spacial score (nSPS) is 11.6. The van der Waals surface area contributed by atoms with E-state index in [0.717, 1.165) is 10.2 Å². The maximum Gasteiger partial charge on any atom is 0.264 e. The molecule has 1 aromatic heterocycles. The topological polar surface area (TPSA) is 61.2 Å². The van der Waals surface area contributed by atoms with Crippen LogP contribution in [-0.2, 0) is 15.6 Å². The zero-order valence-electron chi connectivity index (χ0n) is 11.5. The number of aryl methyl sites for hydroxylation is 1. The number of halogens is 2. The third kappa shape index (κ3) is 3.99. The summed E-state index contributed by atoms with van der Waals surface area (Å²) in [6.07, 6.45) is 0. The lowest BCUT2D eigenvalue weighted by molar-refractivity contribution is 0.289. The van der Waals surface area contributed by atoms with E-state index >= 15 is 0 Å². The number of benzene rings is 1. The van der Waals surface area contributed by atoms with Crippen molar-refractivity contribution in [2.75, 3.05) is 6.61 Å². The van der Waals surface area contributed by atoms with Crippen molar-refractivity contribution in [3.05, 3.63) is 40.1 Å². The second-order valence-corrected chi connectivity index (χ2v) is 7.89. The third-order valence-corrected chi connectivity index (χ3v) is 4.96. The summed E-state index contributed by atoms with van der Waals surface area (Å²) in [6.45, 7) is 4.11. The summed E-state index contributed by atoms with van der Waals surface area (Å²) in [6, 6.07) is 7.49. The van der Waals surface area contributed by atoms with Crippen LogP contribution in [0.15, 0.2) is 33.6 Å². The molecule has 0 radical (unpaired) electrons. The Bertz CT molecular complexity index is 759. The summed E-state index contributed by atoms with van der Waals surface area (Å²) in [5.74, 6) is 0.732. The van der Waals surface area contributed by atoms with Crippen LogP contribution in [0.1, 0.15) is 11.4 Å². The number of rotatable bonds is 5. The minimum Gasteiger partial charge on any atom is -0.492 e. The second-order valence-electron chi connectivity index (χ2n) is 4.47. The van der Waals surface area contributed by atoms with Crippen molar-refractivity contribution >= 4 is 35.7 Å². The molecular formula is C13H14BrClN2O3S. The predicted octanol–water partition coefficient (Wildman–Crippen LogP) is 3.27. The molecule has 0 N–H and O–H groups in total. The van der Waals surface area contributed by atoms with E-state index in [9.17, 15) is 8.42 Å².